The van der Waals surface area contributed by atoms with E-state index in [4.69, 9.17) is 0 Å². The first-order valence-electron chi connectivity index (χ1n) is 8.50. The maximum atomic E-state index is 14.2. The van der Waals surface area contributed by atoms with Gasteiger partial charge in [-0.2, -0.15) is 5.10 Å². The number of nitrogens with one attached hydrogen (secondary N) is 2. The molecule has 2 N–H and O–H groups in total. The number of nitrogens with zero attached hydrogens (tertiary/aromatic N) is 2. The maximum Gasteiger partial charge on any atom is 0.247 e. The Morgan fingerprint density at radius 2 is 2.00 bits per heavy atom. The second kappa shape index (κ2) is 6.77. The predicted octanol–water partition coefficient (Wildman–Crippen LogP) is 4.64. The standard InChI is InChI=1S/C21H16F2N4O/c1-3-20(28)24-14-8-12-9-19(15-5-4-13(22)10-17(15)23)25-21(12)16(11-14)18-6-7-27(2)26-18/h3-11,25H,1H2,2H3,(H,24,28). The number of hydrogen-bond acceptors (Lipinski definition) is 2. The van der Waals surface area contributed by atoms with Crippen LogP contribution in [-0.4, -0.2) is 20.7 Å². The third kappa shape index (κ3) is 3.18. The Morgan fingerprint density at radius 3 is 2.68 bits per heavy atom. The minimum Gasteiger partial charge on any atom is -0.354 e. The number of hydrogen-bond donors (Lipinski definition) is 2. The lowest BCUT2D eigenvalue weighted by atomic mass is 10.1. The van der Waals surface area contributed by atoms with Crippen molar-refractivity contribution >= 4 is 22.5 Å². The number of fused-ring (bicyclic) bond motifs is 1. The van der Waals surface area contributed by atoms with Gasteiger partial charge in [-0.15, -0.1) is 0 Å². The smallest absolute Gasteiger partial charge is 0.247 e. The van der Waals surface area contributed by atoms with Crippen molar-refractivity contribution < 1.29 is 13.6 Å². The molecule has 5 nitrogen and oxygen atoms in total. The second-order valence-electron chi connectivity index (χ2n) is 6.36. The van der Waals surface area contributed by atoms with E-state index in [9.17, 15) is 13.6 Å². The van der Waals surface area contributed by atoms with Crippen LogP contribution in [-0.2, 0) is 11.8 Å². The highest BCUT2D eigenvalue weighted by atomic mass is 19.1. The SMILES string of the molecule is C=CC(=O)Nc1cc(-c2ccn(C)n2)c2[nH]c(-c3ccc(F)cc3F)cc2c1. The molecule has 0 aliphatic carbocycles. The number of aromatic amines is 1. The molecule has 4 rings (SSSR count). The summed E-state index contributed by atoms with van der Waals surface area (Å²) in [5.74, 6) is -1.64. The monoisotopic (exact) mass is 378 g/mol. The van der Waals surface area contributed by atoms with E-state index in [1.54, 1.807) is 36.1 Å². The molecule has 1 amide bonds. The molecule has 2 aromatic heterocycles. The van der Waals surface area contributed by atoms with Crippen molar-refractivity contribution in [3.8, 4) is 22.5 Å². The van der Waals surface area contributed by atoms with E-state index in [2.05, 4.69) is 22.0 Å². The van der Waals surface area contributed by atoms with Gasteiger partial charge in [-0.1, -0.05) is 6.58 Å². The number of amides is 1. The molecule has 0 aliphatic heterocycles. The fourth-order valence-electron chi connectivity index (χ4n) is 3.12. The summed E-state index contributed by atoms with van der Waals surface area (Å²) in [6, 6.07) is 10.6. The van der Waals surface area contributed by atoms with Crippen LogP contribution < -0.4 is 5.32 Å². The first-order valence-corrected chi connectivity index (χ1v) is 8.50. The number of anilines is 1. The summed E-state index contributed by atoms with van der Waals surface area (Å²) < 4.78 is 29.2. The van der Waals surface area contributed by atoms with Crippen LogP contribution in [0.4, 0.5) is 14.5 Å². The van der Waals surface area contributed by atoms with Gasteiger partial charge in [0.15, 0.2) is 0 Å². The Labute approximate surface area is 159 Å². The van der Waals surface area contributed by atoms with Crippen molar-refractivity contribution in [2.75, 3.05) is 5.32 Å². The lowest BCUT2D eigenvalue weighted by Crippen LogP contribution is -2.07. The third-order valence-corrected chi connectivity index (χ3v) is 4.39. The topological polar surface area (TPSA) is 62.7 Å². The lowest BCUT2D eigenvalue weighted by molar-refractivity contribution is -0.111. The normalized spacial score (nSPS) is 11.0. The van der Waals surface area contributed by atoms with E-state index in [-0.39, 0.29) is 11.5 Å². The highest BCUT2D eigenvalue weighted by Crippen LogP contribution is 2.34. The van der Waals surface area contributed by atoms with Crippen molar-refractivity contribution in [2.45, 2.75) is 0 Å². The van der Waals surface area contributed by atoms with Crippen molar-refractivity contribution in [3.63, 3.8) is 0 Å². The highest BCUT2D eigenvalue weighted by Gasteiger charge is 2.15. The molecule has 4 aromatic rings. The molecule has 2 aromatic carbocycles. The quantitative estimate of drug-likeness (QED) is 0.508. The van der Waals surface area contributed by atoms with Gasteiger partial charge in [0, 0.05) is 47.2 Å². The molecule has 0 aliphatic rings. The molecule has 140 valence electrons. The van der Waals surface area contributed by atoms with Crippen LogP contribution >= 0.6 is 0 Å². The average Bonchev–Trinajstić information content (AvgIpc) is 3.27. The average molecular weight is 378 g/mol. The van der Waals surface area contributed by atoms with Gasteiger partial charge >= 0.3 is 0 Å². The molecule has 0 atom stereocenters. The number of carbonyl (C=O) groups excluding carboxylic acids is 1. The van der Waals surface area contributed by atoms with E-state index in [0.717, 1.165) is 22.5 Å². The van der Waals surface area contributed by atoms with Gasteiger partial charge in [0.1, 0.15) is 11.6 Å². The fraction of sp³-hybridized carbons (Fsp3) is 0.0476. The first kappa shape index (κ1) is 17.7. The Kier molecular flexibility index (Phi) is 4.27. The van der Waals surface area contributed by atoms with Crippen LogP contribution in [0.25, 0.3) is 33.4 Å². The fourth-order valence-corrected chi connectivity index (χ4v) is 3.12. The third-order valence-electron chi connectivity index (χ3n) is 4.39. The number of halogens is 2. The van der Waals surface area contributed by atoms with Gasteiger partial charge in [0.25, 0.3) is 0 Å². The molecule has 0 bridgehead atoms. The summed E-state index contributed by atoms with van der Waals surface area (Å²) in [6.07, 6.45) is 2.99. The molecule has 28 heavy (non-hydrogen) atoms. The molecule has 0 radical (unpaired) electrons. The lowest BCUT2D eigenvalue weighted by Gasteiger charge is -2.07. The zero-order valence-corrected chi connectivity index (χ0v) is 15.0. The van der Waals surface area contributed by atoms with Crippen LogP contribution in [0.2, 0.25) is 0 Å². The van der Waals surface area contributed by atoms with E-state index < -0.39 is 11.6 Å². The summed E-state index contributed by atoms with van der Waals surface area (Å²) in [5.41, 5.74) is 3.47. The van der Waals surface area contributed by atoms with Crippen molar-refractivity contribution in [2.24, 2.45) is 7.05 Å². The number of benzene rings is 2. The minimum absolute atomic E-state index is 0.251. The number of rotatable bonds is 4. The largest absolute Gasteiger partial charge is 0.354 e. The van der Waals surface area contributed by atoms with Gasteiger partial charge in [-0.3, -0.25) is 9.48 Å². The molecule has 2 heterocycles. The number of carbonyl (C=O) groups is 1. The Balaban J connectivity index is 1.92. The van der Waals surface area contributed by atoms with Crippen LogP contribution in [0.1, 0.15) is 0 Å². The molecule has 0 unspecified atom stereocenters. The van der Waals surface area contributed by atoms with Gasteiger partial charge in [0.2, 0.25) is 5.91 Å². The zero-order valence-electron chi connectivity index (χ0n) is 15.0. The number of aromatic nitrogens is 3. The maximum absolute atomic E-state index is 14.2. The van der Waals surface area contributed by atoms with E-state index in [1.807, 2.05) is 6.07 Å². The summed E-state index contributed by atoms with van der Waals surface area (Å²) in [4.78, 5) is 14.9. The van der Waals surface area contributed by atoms with Crippen LogP contribution in [0, 0.1) is 11.6 Å². The van der Waals surface area contributed by atoms with Gasteiger partial charge in [0.05, 0.1) is 11.2 Å². The Morgan fingerprint density at radius 1 is 1.18 bits per heavy atom. The van der Waals surface area contributed by atoms with Crippen LogP contribution in [0.5, 0.6) is 0 Å². The molecular weight excluding hydrogens is 362 g/mol. The van der Waals surface area contributed by atoms with Gasteiger partial charge in [-0.05, 0) is 42.5 Å². The predicted molar refractivity (Wildman–Crippen MR) is 105 cm³/mol. The molecule has 0 spiro atoms. The first-order chi connectivity index (χ1) is 13.4. The molecule has 0 saturated heterocycles. The minimum atomic E-state index is -0.661. The molecule has 0 saturated carbocycles. The van der Waals surface area contributed by atoms with Gasteiger partial charge in [-0.25, -0.2) is 8.78 Å². The van der Waals surface area contributed by atoms with E-state index >= 15 is 0 Å². The number of H-pyrrole nitrogens is 1. The van der Waals surface area contributed by atoms with Crippen molar-refractivity contribution in [1.82, 2.24) is 14.8 Å². The molecule has 7 heteroatoms. The summed E-state index contributed by atoms with van der Waals surface area (Å²) in [7, 11) is 1.80. The summed E-state index contributed by atoms with van der Waals surface area (Å²) in [5, 5.41) is 7.91. The highest BCUT2D eigenvalue weighted by molar-refractivity contribution is 6.04. The number of aryl methyl sites for hydroxylation is 1. The van der Waals surface area contributed by atoms with Crippen LogP contribution in [0.15, 0.2) is 61.3 Å². The summed E-state index contributed by atoms with van der Waals surface area (Å²) >= 11 is 0. The molecule has 0 fully saturated rings. The van der Waals surface area contributed by atoms with Crippen molar-refractivity contribution in [1.29, 1.82) is 0 Å². The van der Waals surface area contributed by atoms with E-state index in [0.29, 0.717) is 17.1 Å². The summed E-state index contributed by atoms with van der Waals surface area (Å²) in [6.45, 7) is 3.46. The van der Waals surface area contributed by atoms with Gasteiger partial charge < -0.3 is 10.3 Å². The second-order valence-corrected chi connectivity index (χ2v) is 6.36. The van der Waals surface area contributed by atoms with E-state index in [1.165, 1.54) is 18.2 Å². The Bertz CT molecular complexity index is 1220. The molecular formula is C21H16F2N4O. The van der Waals surface area contributed by atoms with Crippen molar-refractivity contribution in [3.05, 3.63) is 73.0 Å². The Hall–Kier alpha value is -3.74. The zero-order chi connectivity index (χ0) is 19.8. The van der Waals surface area contributed by atoms with Crippen LogP contribution in [0.3, 0.4) is 0 Å².